The summed E-state index contributed by atoms with van der Waals surface area (Å²) in [5, 5.41) is 5.36. The molecule has 22 heavy (non-hydrogen) atoms. The molecule has 0 bridgehead atoms. The van der Waals surface area contributed by atoms with Gasteiger partial charge in [0, 0.05) is 0 Å². The number of fused-ring (bicyclic) bond motifs is 2. The molecular weight excluding hydrogens is 264 g/mol. The lowest BCUT2D eigenvalue weighted by Gasteiger charge is -2.15. The Bertz CT molecular complexity index is 979. The molecule has 0 amide bonds. The highest BCUT2D eigenvalue weighted by Gasteiger charge is 2.12. The molecule has 0 radical (unpaired) electrons. The Hall–Kier alpha value is -2.78. The normalized spacial score (nSPS) is 10.8. The van der Waals surface area contributed by atoms with Crippen LogP contribution in [0.25, 0.3) is 32.7 Å². The number of hydrogen-bond acceptors (Lipinski definition) is 0. The molecule has 0 spiro atoms. The predicted molar refractivity (Wildman–Crippen MR) is 94.0 cm³/mol. The molecule has 104 valence electrons. The van der Waals surface area contributed by atoms with Crippen LogP contribution in [0.2, 0.25) is 0 Å². The van der Waals surface area contributed by atoms with Crippen molar-refractivity contribution in [1.82, 2.24) is 0 Å². The SMILES string of the molecule is Cc1c2ccccc2c(C)c2c(-c3cc#ccc3)cccc12. The summed E-state index contributed by atoms with van der Waals surface area (Å²) in [7, 11) is 0. The van der Waals surface area contributed by atoms with E-state index >= 15 is 0 Å². The molecule has 0 aliphatic carbocycles. The summed E-state index contributed by atoms with van der Waals surface area (Å²) in [5.74, 6) is 0. The van der Waals surface area contributed by atoms with Gasteiger partial charge in [-0.2, -0.15) is 0 Å². The molecule has 0 heterocycles. The summed E-state index contributed by atoms with van der Waals surface area (Å²) in [6, 6.07) is 27.4. The van der Waals surface area contributed by atoms with Crippen LogP contribution in [0.3, 0.4) is 0 Å². The van der Waals surface area contributed by atoms with Gasteiger partial charge in [0.2, 0.25) is 0 Å². The minimum absolute atomic E-state index is 1.20. The van der Waals surface area contributed by atoms with E-state index in [9.17, 15) is 0 Å². The lowest BCUT2D eigenvalue weighted by Crippen LogP contribution is -1.90. The molecule has 0 unspecified atom stereocenters. The van der Waals surface area contributed by atoms with Crippen LogP contribution in [0, 0.1) is 26.0 Å². The highest BCUT2D eigenvalue weighted by atomic mass is 14.2. The van der Waals surface area contributed by atoms with Gasteiger partial charge in [-0.3, -0.25) is 0 Å². The van der Waals surface area contributed by atoms with Gasteiger partial charge >= 0.3 is 0 Å². The molecule has 0 aliphatic heterocycles. The van der Waals surface area contributed by atoms with Crippen molar-refractivity contribution in [2.75, 3.05) is 0 Å². The maximum Gasteiger partial charge on any atom is -0.00363 e. The van der Waals surface area contributed by atoms with E-state index in [-0.39, 0.29) is 0 Å². The highest BCUT2D eigenvalue weighted by molar-refractivity contribution is 6.10. The Kier molecular flexibility index (Phi) is 2.88. The third-order valence-corrected chi connectivity index (χ3v) is 4.55. The number of benzene rings is 3. The summed E-state index contributed by atoms with van der Waals surface area (Å²) in [5.41, 5.74) is 5.17. The van der Waals surface area contributed by atoms with Crippen LogP contribution in [0.4, 0.5) is 0 Å². The first-order chi connectivity index (χ1) is 10.8. The first-order valence-electron chi connectivity index (χ1n) is 7.56. The average molecular weight is 280 g/mol. The van der Waals surface area contributed by atoms with Crippen molar-refractivity contribution in [2.24, 2.45) is 0 Å². The first-order valence-corrected chi connectivity index (χ1v) is 7.56. The zero-order valence-corrected chi connectivity index (χ0v) is 12.8. The minimum atomic E-state index is 1.20. The van der Waals surface area contributed by atoms with Gasteiger partial charge in [-0.1, -0.05) is 54.6 Å². The van der Waals surface area contributed by atoms with Crippen LogP contribution >= 0.6 is 0 Å². The second-order valence-electron chi connectivity index (χ2n) is 5.75. The predicted octanol–water partition coefficient (Wildman–Crippen LogP) is 5.88. The second-order valence-corrected chi connectivity index (χ2v) is 5.75. The lowest BCUT2D eigenvalue weighted by molar-refractivity contribution is 1.52. The van der Waals surface area contributed by atoms with Gasteiger partial charge < -0.3 is 0 Å². The van der Waals surface area contributed by atoms with Gasteiger partial charge in [0.25, 0.3) is 0 Å². The van der Waals surface area contributed by atoms with Gasteiger partial charge in [-0.15, -0.1) is 0 Å². The third-order valence-electron chi connectivity index (χ3n) is 4.55. The molecule has 0 aromatic heterocycles. The summed E-state index contributed by atoms with van der Waals surface area (Å²) < 4.78 is 0. The Balaban J connectivity index is 2.22. The molecule has 4 aromatic rings. The molecule has 0 aliphatic rings. The maximum absolute atomic E-state index is 3.07. The van der Waals surface area contributed by atoms with Crippen molar-refractivity contribution in [3.8, 4) is 11.1 Å². The van der Waals surface area contributed by atoms with Crippen molar-refractivity contribution in [3.05, 3.63) is 83.9 Å². The van der Waals surface area contributed by atoms with E-state index in [0.717, 1.165) is 0 Å². The van der Waals surface area contributed by atoms with Crippen LogP contribution in [0.5, 0.6) is 0 Å². The average Bonchev–Trinajstić information content (AvgIpc) is 2.60. The summed E-state index contributed by atoms with van der Waals surface area (Å²) >= 11 is 0. The Labute approximate surface area is 131 Å². The molecule has 0 heteroatoms. The van der Waals surface area contributed by atoms with E-state index in [0.29, 0.717) is 0 Å². The Morgan fingerprint density at radius 3 is 2.14 bits per heavy atom. The highest BCUT2D eigenvalue weighted by Crippen LogP contribution is 2.37. The Morgan fingerprint density at radius 2 is 1.41 bits per heavy atom. The Morgan fingerprint density at radius 1 is 0.682 bits per heavy atom. The second kappa shape index (κ2) is 4.90. The van der Waals surface area contributed by atoms with Crippen LogP contribution in [0.1, 0.15) is 11.1 Å². The van der Waals surface area contributed by atoms with E-state index in [2.05, 4.69) is 74.5 Å². The third kappa shape index (κ3) is 1.80. The van der Waals surface area contributed by atoms with Gasteiger partial charge in [0.15, 0.2) is 0 Å². The number of hydrogen-bond donors (Lipinski definition) is 0. The van der Waals surface area contributed by atoms with Crippen LogP contribution in [-0.2, 0) is 0 Å². The molecule has 4 rings (SSSR count). The van der Waals surface area contributed by atoms with Crippen molar-refractivity contribution >= 4 is 21.5 Å². The monoisotopic (exact) mass is 280 g/mol. The number of aryl methyl sites for hydroxylation is 2. The van der Waals surface area contributed by atoms with E-state index in [1.165, 1.54) is 43.8 Å². The molecule has 0 saturated heterocycles. The number of rotatable bonds is 1. The lowest BCUT2D eigenvalue weighted by atomic mass is 9.88. The van der Waals surface area contributed by atoms with Crippen molar-refractivity contribution in [3.63, 3.8) is 0 Å². The van der Waals surface area contributed by atoms with Crippen molar-refractivity contribution in [2.45, 2.75) is 13.8 Å². The molecule has 0 N–H and O–H groups in total. The smallest absolute Gasteiger partial charge is 0.00363 e. The zero-order chi connectivity index (χ0) is 15.1. The zero-order valence-electron chi connectivity index (χ0n) is 12.8. The summed E-state index contributed by atoms with van der Waals surface area (Å²) in [6.45, 7) is 4.45. The topological polar surface area (TPSA) is 0 Å². The molecule has 0 fully saturated rings. The van der Waals surface area contributed by atoms with Crippen molar-refractivity contribution < 1.29 is 0 Å². The summed E-state index contributed by atoms with van der Waals surface area (Å²) in [4.78, 5) is 0. The fourth-order valence-electron chi connectivity index (χ4n) is 3.44. The largest absolute Gasteiger partial charge is 0.0702 e. The van der Waals surface area contributed by atoms with Crippen molar-refractivity contribution in [1.29, 1.82) is 0 Å². The molecular formula is C22H16. The maximum atomic E-state index is 3.07. The van der Waals surface area contributed by atoms with E-state index < -0.39 is 0 Å². The van der Waals surface area contributed by atoms with Gasteiger partial charge in [0.1, 0.15) is 0 Å². The fourth-order valence-corrected chi connectivity index (χ4v) is 3.44. The van der Waals surface area contributed by atoms with Gasteiger partial charge in [-0.05, 0) is 75.8 Å². The quantitative estimate of drug-likeness (QED) is 0.382. The van der Waals surface area contributed by atoms with Gasteiger partial charge in [-0.25, -0.2) is 0 Å². The molecule has 4 aromatic carbocycles. The minimum Gasteiger partial charge on any atom is -0.0702 e. The standard InChI is InChI=1S/C22H16/c1-15-18-11-6-7-12-19(18)16(2)22-20(15)13-8-14-21(22)17-9-4-3-5-10-17/h4,6-14H,1-2H3. The van der Waals surface area contributed by atoms with Gasteiger partial charge in [0.05, 0.1) is 0 Å². The summed E-state index contributed by atoms with van der Waals surface area (Å²) in [6.07, 6.45) is 0. The van der Waals surface area contributed by atoms with Crippen LogP contribution in [0.15, 0.2) is 60.7 Å². The fraction of sp³-hybridized carbons (Fsp3) is 0.0909. The van der Waals surface area contributed by atoms with E-state index in [1.54, 1.807) is 0 Å². The van der Waals surface area contributed by atoms with E-state index in [4.69, 9.17) is 0 Å². The molecule has 0 nitrogen and oxygen atoms in total. The van der Waals surface area contributed by atoms with Crippen LogP contribution < -0.4 is 0 Å². The first kappa shape index (κ1) is 12.9. The molecule has 0 atom stereocenters. The molecule has 0 saturated carbocycles. The van der Waals surface area contributed by atoms with Crippen LogP contribution in [-0.4, -0.2) is 0 Å². The van der Waals surface area contributed by atoms with E-state index in [1.807, 2.05) is 12.1 Å².